The molecule has 0 bridgehead atoms. The van der Waals surface area contributed by atoms with E-state index in [0.29, 0.717) is 38.4 Å². The topological polar surface area (TPSA) is 75.5 Å². The van der Waals surface area contributed by atoms with Crippen molar-refractivity contribution in [1.29, 1.82) is 0 Å². The molecule has 7 nitrogen and oxygen atoms in total. The number of hydrogen-bond donors (Lipinski definition) is 0. The Hall–Kier alpha value is -2.45. The number of carbonyl (C=O) groups is 1. The van der Waals surface area contributed by atoms with Crippen LogP contribution in [0.4, 0.5) is 0 Å². The second kappa shape index (κ2) is 6.86. The number of rotatable bonds is 4. The van der Waals surface area contributed by atoms with Crippen molar-refractivity contribution in [3.05, 3.63) is 58.6 Å². The molecule has 0 saturated carbocycles. The van der Waals surface area contributed by atoms with Crippen molar-refractivity contribution in [2.45, 2.75) is 25.3 Å². The van der Waals surface area contributed by atoms with Crippen LogP contribution in [0.5, 0.6) is 0 Å². The monoisotopic (exact) mass is 400 g/mol. The Balaban J connectivity index is 1.39. The van der Waals surface area contributed by atoms with Crippen molar-refractivity contribution in [3.63, 3.8) is 0 Å². The number of imidazole rings is 1. The first-order chi connectivity index (χ1) is 13.2. The van der Waals surface area contributed by atoms with Crippen LogP contribution in [-0.2, 0) is 28.3 Å². The molecule has 8 heteroatoms. The van der Waals surface area contributed by atoms with Gasteiger partial charge in [0.15, 0.2) is 5.03 Å². The van der Waals surface area contributed by atoms with Gasteiger partial charge in [-0.3, -0.25) is 4.79 Å². The zero-order valence-electron chi connectivity index (χ0n) is 16.3. The summed E-state index contributed by atoms with van der Waals surface area (Å²) in [5.41, 5.74) is 4.24. The van der Waals surface area contributed by atoms with E-state index in [1.807, 2.05) is 36.1 Å². The van der Waals surface area contributed by atoms with Crippen molar-refractivity contribution in [1.82, 2.24) is 18.8 Å². The van der Waals surface area contributed by atoms with Gasteiger partial charge in [0, 0.05) is 39.4 Å². The number of benzene rings is 1. The number of sulfonamides is 1. The Bertz CT molecular complexity index is 1030. The molecule has 28 heavy (non-hydrogen) atoms. The Morgan fingerprint density at radius 3 is 2.18 bits per heavy atom. The third-order valence-corrected chi connectivity index (χ3v) is 7.18. The third-order valence-electron chi connectivity index (χ3n) is 5.52. The number of aryl methyl sites for hydroxylation is 3. The van der Waals surface area contributed by atoms with Crippen LogP contribution in [0.3, 0.4) is 0 Å². The Morgan fingerprint density at radius 1 is 1.04 bits per heavy atom. The Labute approximate surface area is 165 Å². The number of aromatic nitrogens is 2. The highest BCUT2D eigenvalue weighted by molar-refractivity contribution is 7.89. The minimum Gasteiger partial charge on any atom is -0.337 e. The van der Waals surface area contributed by atoms with Gasteiger partial charge in [0.1, 0.15) is 5.82 Å². The lowest BCUT2D eigenvalue weighted by atomic mass is 10.1. The van der Waals surface area contributed by atoms with E-state index >= 15 is 0 Å². The van der Waals surface area contributed by atoms with Crippen LogP contribution in [0.25, 0.3) is 0 Å². The minimum absolute atomic E-state index is 0.0769. The van der Waals surface area contributed by atoms with Crippen molar-refractivity contribution in [3.8, 4) is 0 Å². The Morgan fingerprint density at radius 2 is 1.64 bits per heavy atom. The molecule has 2 aliphatic rings. The number of amides is 1. The van der Waals surface area contributed by atoms with Gasteiger partial charge >= 0.3 is 0 Å². The van der Waals surface area contributed by atoms with Gasteiger partial charge in [0.25, 0.3) is 10.0 Å². The summed E-state index contributed by atoms with van der Waals surface area (Å²) in [7, 11) is -1.84. The van der Waals surface area contributed by atoms with Crippen LogP contribution in [-0.4, -0.2) is 59.3 Å². The largest absolute Gasteiger partial charge is 0.337 e. The quantitative estimate of drug-likeness (QED) is 0.728. The zero-order valence-corrected chi connectivity index (χ0v) is 17.2. The first-order valence-electron chi connectivity index (χ1n) is 9.27. The van der Waals surface area contributed by atoms with Crippen molar-refractivity contribution < 1.29 is 13.2 Å². The molecule has 2 aliphatic heterocycles. The van der Waals surface area contributed by atoms with Gasteiger partial charge in [-0.1, -0.05) is 29.8 Å². The molecule has 1 aromatic carbocycles. The fourth-order valence-corrected chi connectivity index (χ4v) is 5.12. The van der Waals surface area contributed by atoms with E-state index in [2.05, 4.69) is 4.98 Å². The predicted molar refractivity (Wildman–Crippen MR) is 105 cm³/mol. The molecule has 0 saturated heterocycles. The summed E-state index contributed by atoms with van der Waals surface area (Å²) < 4.78 is 28.9. The van der Waals surface area contributed by atoms with Crippen LogP contribution in [0.1, 0.15) is 17.0 Å². The molecule has 1 aromatic heterocycles. The lowest BCUT2D eigenvalue weighted by molar-refractivity contribution is -0.129. The predicted octanol–water partition coefficient (Wildman–Crippen LogP) is 1.42. The molecule has 4 rings (SSSR count). The lowest BCUT2D eigenvalue weighted by Crippen LogP contribution is -2.37. The highest BCUT2D eigenvalue weighted by Gasteiger charge is 2.38. The molecular weight excluding hydrogens is 376 g/mol. The summed E-state index contributed by atoms with van der Waals surface area (Å²) in [6.07, 6.45) is 1.92. The molecular formula is C20H24N4O3S. The highest BCUT2D eigenvalue weighted by Crippen LogP contribution is 2.30. The zero-order chi connectivity index (χ0) is 20.1. The highest BCUT2D eigenvalue weighted by atomic mass is 32.2. The van der Waals surface area contributed by atoms with Gasteiger partial charge in [0.05, 0.1) is 6.42 Å². The second-order valence-electron chi connectivity index (χ2n) is 7.63. The van der Waals surface area contributed by atoms with Gasteiger partial charge < -0.3 is 9.47 Å². The molecule has 0 fully saturated rings. The lowest BCUT2D eigenvalue weighted by Gasteiger charge is -2.22. The van der Waals surface area contributed by atoms with Crippen molar-refractivity contribution in [2.24, 2.45) is 7.05 Å². The first-order valence-corrected chi connectivity index (χ1v) is 10.7. The van der Waals surface area contributed by atoms with E-state index < -0.39 is 10.0 Å². The van der Waals surface area contributed by atoms with Gasteiger partial charge in [-0.2, -0.15) is 4.31 Å². The molecule has 2 aromatic rings. The molecule has 148 valence electrons. The third kappa shape index (κ3) is 3.38. The maximum absolute atomic E-state index is 12.9. The van der Waals surface area contributed by atoms with Gasteiger partial charge in [-0.15, -0.1) is 0 Å². The van der Waals surface area contributed by atoms with Gasteiger partial charge in [0.2, 0.25) is 5.91 Å². The normalized spacial score (nSPS) is 17.5. The van der Waals surface area contributed by atoms with Gasteiger partial charge in [-0.05, 0) is 30.6 Å². The van der Waals surface area contributed by atoms with Crippen molar-refractivity contribution >= 4 is 15.9 Å². The van der Waals surface area contributed by atoms with Crippen LogP contribution in [0, 0.1) is 13.8 Å². The summed E-state index contributed by atoms with van der Waals surface area (Å²) in [6.45, 7) is 5.48. The van der Waals surface area contributed by atoms with Crippen LogP contribution >= 0.6 is 0 Å². The average Bonchev–Trinajstić information content (AvgIpc) is 3.31. The fourth-order valence-electron chi connectivity index (χ4n) is 3.67. The molecule has 1 amide bonds. The smallest absolute Gasteiger partial charge is 0.262 e. The SMILES string of the molecule is Cc1ccc(CC(=O)N2CC3=C(C2)CN(S(=O)(=O)c2cn(C)c(C)n2)C3)cc1. The molecule has 0 atom stereocenters. The number of hydrogen-bond acceptors (Lipinski definition) is 4. The number of nitrogens with zero attached hydrogens (tertiary/aromatic N) is 4. The van der Waals surface area contributed by atoms with E-state index in [1.165, 1.54) is 9.87 Å². The molecule has 0 aliphatic carbocycles. The maximum Gasteiger partial charge on any atom is 0.262 e. The first kappa shape index (κ1) is 18.9. The Kier molecular flexibility index (Phi) is 4.63. The molecule has 3 heterocycles. The van der Waals surface area contributed by atoms with Crippen LogP contribution < -0.4 is 0 Å². The average molecular weight is 401 g/mol. The molecule has 0 radical (unpaired) electrons. The van der Waals surface area contributed by atoms with E-state index in [1.54, 1.807) is 24.7 Å². The van der Waals surface area contributed by atoms with E-state index in [4.69, 9.17) is 0 Å². The molecule has 0 unspecified atom stereocenters. The van der Waals surface area contributed by atoms with E-state index in [9.17, 15) is 13.2 Å². The molecule has 0 N–H and O–H groups in total. The van der Waals surface area contributed by atoms with Gasteiger partial charge in [-0.25, -0.2) is 13.4 Å². The minimum atomic E-state index is -3.62. The maximum atomic E-state index is 12.9. The van der Waals surface area contributed by atoms with E-state index in [0.717, 1.165) is 16.7 Å². The van der Waals surface area contributed by atoms with E-state index in [-0.39, 0.29) is 10.9 Å². The van der Waals surface area contributed by atoms with Crippen LogP contribution in [0.15, 0.2) is 46.6 Å². The summed E-state index contributed by atoms with van der Waals surface area (Å²) in [5, 5.41) is 0.0842. The van der Waals surface area contributed by atoms with Crippen molar-refractivity contribution in [2.75, 3.05) is 26.2 Å². The summed E-state index contributed by atoms with van der Waals surface area (Å²) in [4.78, 5) is 18.6. The fraction of sp³-hybridized carbons (Fsp3) is 0.400. The summed E-state index contributed by atoms with van der Waals surface area (Å²) >= 11 is 0. The molecule has 0 spiro atoms. The summed E-state index contributed by atoms with van der Waals surface area (Å²) in [6, 6.07) is 7.97. The van der Waals surface area contributed by atoms with Crippen LogP contribution in [0.2, 0.25) is 0 Å². The summed E-state index contributed by atoms with van der Waals surface area (Å²) in [5.74, 6) is 0.735. The second-order valence-corrected chi connectivity index (χ2v) is 9.51. The number of carbonyl (C=O) groups excluding carboxylic acids is 1. The standard InChI is InChI=1S/C20H24N4O3S/c1-14-4-6-16(7-5-14)8-20(25)23-9-17-11-24(12-18(17)10-23)28(26,27)19-13-22(3)15(2)21-19/h4-7,13H,8-12H2,1-3H3.